The first-order valence-electron chi connectivity index (χ1n) is 7.27. The quantitative estimate of drug-likeness (QED) is 0.436. The van der Waals surface area contributed by atoms with Crippen molar-refractivity contribution in [3.05, 3.63) is 35.9 Å². The average Bonchev–Trinajstić information content (AvgIpc) is 2.39. The lowest BCUT2D eigenvalue weighted by molar-refractivity contribution is 0.179. The van der Waals surface area contributed by atoms with Gasteiger partial charge in [0.15, 0.2) is 5.96 Å². The van der Waals surface area contributed by atoms with Gasteiger partial charge in [-0.1, -0.05) is 36.8 Å². The van der Waals surface area contributed by atoms with Crippen molar-refractivity contribution in [1.82, 2.24) is 5.32 Å². The molecule has 1 aliphatic rings. The molecule has 5 heteroatoms. The van der Waals surface area contributed by atoms with Crippen molar-refractivity contribution in [2.45, 2.75) is 37.6 Å². The molecule has 3 N–H and O–H groups in total. The lowest BCUT2D eigenvalue weighted by atomic mass is 9.64. The summed E-state index contributed by atoms with van der Waals surface area (Å²) in [5.41, 5.74) is 7.53. The summed E-state index contributed by atoms with van der Waals surface area (Å²) < 4.78 is 5.08. The van der Waals surface area contributed by atoms with Crippen molar-refractivity contribution < 1.29 is 4.74 Å². The van der Waals surface area contributed by atoms with E-state index in [1.807, 2.05) is 6.92 Å². The Bertz CT molecular complexity index is 446. The van der Waals surface area contributed by atoms with Gasteiger partial charge in [0.05, 0.1) is 13.2 Å². The molecule has 0 bridgehead atoms. The molecule has 0 amide bonds. The van der Waals surface area contributed by atoms with Crippen molar-refractivity contribution >= 4 is 29.9 Å². The number of rotatable bonds is 6. The van der Waals surface area contributed by atoms with Crippen LogP contribution in [0.15, 0.2) is 35.3 Å². The van der Waals surface area contributed by atoms with Gasteiger partial charge in [0, 0.05) is 18.6 Å². The molecule has 0 heterocycles. The van der Waals surface area contributed by atoms with Crippen LogP contribution in [-0.2, 0) is 10.2 Å². The number of aliphatic imine (C=N–C) groups is 1. The molecule has 0 aromatic heterocycles. The highest BCUT2D eigenvalue weighted by Crippen LogP contribution is 2.43. The third-order valence-corrected chi connectivity index (χ3v) is 4.06. The molecule has 0 spiro atoms. The van der Waals surface area contributed by atoms with E-state index in [1.165, 1.54) is 24.8 Å². The maximum Gasteiger partial charge on any atom is 0.188 e. The molecule has 1 unspecified atom stereocenters. The summed E-state index contributed by atoms with van der Waals surface area (Å²) in [4.78, 5) is 4.54. The van der Waals surface area contributed by atoms with Crippen molar-refractivity contribution in [1.29, 1.82) is 0 Å². The van der Waals surface area contributed by atoms with Crippen LogP contribution in [-0.4, -0.2) is 32.3 Å². The van der Waals surface area contributed by atoms with Gasteiger partial charge in [0.2, 0.25) is 0 Å². The summed E-state index contributed by atoms with van der Waals surface area (Å²) in [6.45, 7) is 3.41. The van der Waals surface area contributed by atoms with Crippen LogP contribution in [0.5, 0.6) is 0 Å². The lowest BCUT2D eigenvalue weighted by Crippen LogP contribution is -2.43. The second-order valence-electron chi connectivity index (χ2n) is 5.70. The second-order valence-corrected chi connectivity index (χ2v) is 5.70. The van der Waals surface area contributed by atoms with Crippen LogP contribution in [0.1, 0.15) is 31.7 Å². The van der Waals surface area contributed by atoms with E-state index in [1.54, 1.807) is 7.11 Å². The third kappa shape index (κ3) is 4.85. The maximum absolute atomic E-state index is 5.95. The van der Waals surface area contributed by atoms with E-state index in [-0.39, 0.29) is 35.4 Å². The zero-order chi connectivity index (χ0) is 14.4. The fourth-order valence-electron chi connectivity index (χ4n) is 2.76. The maximum atomic E-state index is 5.95. The number of nitrogens with one attached hydrogen (secondary N) is 1. The van der Waals surface area contributed by atoms with Crippen molar-refractivity contribution in [2.24, 2.45) is 10.7 Å². The minimum Gasteiger partial charge on any atom is -0.383 e. The van der Waals surface area contributed by atoms with Gasteiger partial charge in [0.25, 0.3) is 0 Å². The molecule has 1 saturated carbocycles. The van der Waals surface area contributed by atoms with Gasteiger partial charge in [-0.15, -0.1) is 24.0 Å². The molecule has 0 saturated heterocycles. The van der Waals surface area contributed by atoms with E-state index in [0.29, 0.717) is 12.6 Å². The molecule has 0 radical (unpaired) electrons. The first kappa shape index (κ1) is 18.2. The van der Waals surface area contributed by atoms with Crippen molar-refractivity contribution in [3.63, 3.8) is 0 Å². The summed E-state index contributed by atoms with van der Waals surface area (Å²) in [7, 11) is 1.68. The average molecular weight is 403 g/mol. The third-order valence-electron chi connectivity index (χ3n) is 4.06. The van der Waals surface area contributed by atoms with Crippen LogP contribution in [0.4, 0.5) is 0 Å². The molecule has 1 fully saturated rings. The molecular weight excluding hydrogens is 377 g/mol. The lowest BCUT2D eigenvalue weighted by Gasteiger charge is -2.41. The largest absolute Gasteiger partial charge is 0.383 e. The van der Waals surface area contributed by atoms with Gasteiger partial charge in [0.1, 0.15) is 0 Å². The summed E-state index contributed by atoms with van der Waals surface area (Å²) >= 11 is 0. The number of ether oxygens (including phenoxy) is 1. The minimum absolute atomic E-state index is 0. The second kappa shape index (κ2) is 8.58. The van der Waals surface area contributed by atoms with Crippen LogP contribution < -0.4 is 11.1 Å². The molecule has 21 heavy (non-hydrogen) atoms. The molecule has 1 aliphatic carbocycles. The number of halogens is 1. The summed E-state index contributed by atoms with van der Waals surface area (Å²) in [5.74, 6) is 0.511. The first-order chi connectivity index (χ1) is 9.66. The van der Waals surface area contributed by atoms with Crippen LogP contribution in [0.25, 0.3) is 0 Å². The number of nitrogens with zero attached hydrogens (tertiary/aromatic N) is 1. The number of methoxy groups -OCH3 is 1. The Kier molecular flexibility index (Phi) is 7.45. The predicted octanol–water partition coefficient (Wildman–Crippen LogP) is 2.67. The SMILES string of the molecule is COCC(C)NC(N)=NCC1(c2ccccc2)CCC1.I. The Morgan fingerprint density at radius 2 is 2.05 bits per heavy atom. The topological polar surface area (TPSA) is 59.6 Å². The normalized spacial score (nSPS) is 18.3. The van der Waals surface area contributed by atoms with Gasteiger partial charge in [-0.05, 0) is 25.3 Å². The first-order valence-corrected chi connectivity index (χ1v) is 7.27. The van der Waals surface area contributed by atoms with Crippen LogP contribution in [0, 0.1) is 0 Å². The monoisotopic (exact) mass is 403 g/mol. The number of hydrogen-bond donors (Lipinski definition) is 2. The Labute approximate surface area is 144 Å². The molecule has 4 nitrogen and oxygen atoms in total. The molecule has 1 aromatic rings. The van der Waals surface area contributed by atoms with E-state index >= 15 is 0 Å². The van der Waals surface area contributed by atoms with E-state index in [0.717, 1.165) is 6.54 Å². The molecule has 2 rings (SSSR count). The van der Waals surface area contributed by atoms with E-state index < -0.39 is 0 Å². The Morgan fingerprint density at radius 1 is 1.38 bits per heavy atom. The highest BCUT2D eigenvalue weighted by atomic mass is 127. The molecule has 118 valence electrons. The van der Waals surface area contributed by atoms with Gasteiger partial charge in [-0.3, -0.25) is 4.99 Å². The van der Waals surface area contributed by atoms with Gasteiger partial charge in [-0.25, -0.2) is 0 Å². The molecular formula is C16H26IN3O. The summed E-state index contributed by atoms with van der Waals surface area (Å²) in [5, 5.41) is 3.16. The van der Waals surface area contributed by atoms with Gasteiger partial charge in [-0.2, -0.15) is 0 Å². The predicted molar refractivity (Wildman–Crippen MR) is 98.3 cm³/mol. The summed E-state index contributed by atoms with van der Waals surface area (Å²) in [6, 6.07) is 10.8. The number of benzene rings is 1. The highest BCUT2D eigenvalue weighted by Gasteiger charge is 2.38. The zero-order valence-corrected chi connectivity index (χ0v) is 15.2. The highest BCUT2D eigenvalue weighted by molar-refractivity contribution is 14.0. The number of hydrogen-bond acceptors (Lipinski definition) is 2. The van der Waals surface area contributed by atoms with E-state index in [9.17, 15) is 0 Å². The molecule has 0 aliphatic heterocycles. The smallest absolute Gasteiger partial charge is 0.188 e. The minimum atomic E-state index is 0. The van der Waals surface area contributed by atoms with Crippen molar-refractivity contribution in [2.75, 3.05) is 20.3 Å². The Balaban J connectivity index is 0.00000220. The summed E-state index contributed by atoms with van der Waals surface area (Å²) in [6.07, 6.45) is 3.67. The van der Waals surface area contributed by atoms with Gasteiger partial charge < -0.3 is 15.8 Å². The fourth-order valence-corrected chi connectivity index (χ4v) is 2.76. The zero-order valence-electron chi connectivity index (χ0n) is 12.8. The number of nitrogens with two attached hydrogens (primary N) is 1. The van der Waals surface area contributed by atoms with E-state index in [2.05, 4.69) is 40.6 Å². The van der Waals surface area contributed by atoms with Gasteiger partial charge >= 0.3 is 0 Å². The molecule has 1 atom stereocenters. The standard InChI is InChI=1S/C16H25N3O.HI/c1-13(11-20-2)19-15(17)18-12-16(9-6-10-16)14-7-4-3-5-8-14;/h3-5,7-8,13H,6,9-12H2,1-2H3,(H3,17,18,19);1H. The Hall–Kier alpha value is -0.820. The fraction of sp³-hybridized carbons (Fsp3) is 0.562. The number of guanidine groups is 1. The molecule has 1 aromatic carbocycles. The van der Waals surface area contributed by atoms with Crippen LogP contribution >= 0.6 is 24.0 Å². The van der Waals surface area contributed by atoms with E-state index in [4.69, 9.17) is 10.5 Å². The van der Waals surface area contributed by atoms with Crippen molar-refractivity contribution in [3.8, 4) is 0 Å². The van der Waals surface area contributed by atoms with Crippen LogP contribution in [0.2, 0.25) is 0 Å². The Morgan fingerprint density at radius 3 is 2.57 bits per heavy atom. The van der Waals surface area contributed by atoms with Crippen LogP contribution in [0.3, 0.4) is 0 Å².